The van der Waals surface area contributed by atoms with Crippen molar-refractivity contribution in [3.05, 3.63) is 40.9 Å². The molecule has 0 radical (unpaired) electrons. The Balaban J connectivity index is 1.28. The number of fused-ring (bicyclic) bond motifs is 2. The molecule has 3 heterocycles. The van der Waals surface area contributed by atoms with Gasteiger partial charge in [0.1, 0.15) is 0 Å². The number of carbonyl (C=O) groups is 1. The van der Waals surface area contributed by atoms with Crippen LogP contribution in [0, 0.1) is 0 Å². The molecule has 0 spiro atoms. The van der Waals surface area contributed by atoms with E-state index in [1.165, 1.54) is 0 Å². The molecule has 3 aliphatic heterocycles. The second-order valence-corrected chi connectivity index (χ2v) is 8.03. The quantitative estimate of drug-likeness (QED) is 0.790. The topological polar surface area (TPSA) is 69.3 Å². The summed E-state index contributed by atoms with van der Waals surface area (Å²) in [6.45, 7) is 2.63. The van der Waals surface area contributed by atoms with Crippen LogP contribution in [0.2, 0.25) is 5.02 Å². The van der Waals surface area contributed by atoms with Gasteiger partial charge in [-0.25, -0.2) is 0 Å². The summed E-state index contributed by atoms with van der Waals surface area (Å²) in [6, 6.07) is 9.63. The number of amides is 1. The Morgan fingerprint density at radius 3 is 2.63 bits per heavy atom. The van der Waals surface area contributed by atoms with Crippen molar-refractivity contribution in [2.45, 2.75) is 25.3 Å². The van der Waals surface area contributed by atoms with Crippen LogP contribution in [0.3, 0.4) is 0 Å². The normalized spacial score (nSPS) is 20.1. The van der Waals surface area contributed by atoms with E-state index >= 15 is 0 Å². The maximum absolute atomic E-state index is 12.7. The molecule has 7 nitrogen and oxygen atoms in total. The number of hydrogen-bond donors (Lipinski definition) is 1. The smallest absolute Gasteiger partial charge is 0.238 e. The lowest BCUT2D eigenvalue weighted by Crippen LogP contribution is -2.33. The SMILES string of the molecule is O=C(CN1CCCC1c1ccc2c(c1)OCCCO2)Nc1cc2c(cc1Cl)OCO2. The van der Waals surface area contributed by atoms with E-state index in [-0.39, 0.29) is 25.3 Å². The largest absolute Gasteiger partial charge is 0.490 e. The molecular formula is C22H23ClN2O5. The van der Waals surface area contributed by atoms with Crippen LogP contribution >= 0.6 is 11.6 Å². The van der Waals surface area contributed by atoms with Crippen molar-refractivity contribution >= 4 is 23.2 Å². The minimum absolute atomic E-state index is 0.114. The Kier molecular flexibility index (Phi) is 5.31. The van der Waals surface area contributed by atoms with Crippen molar-refractivity contribution in [2.24, 2.45) is 0 Å². The van der Waals surface area contributed by atoms with E-state index < -0.39 is 0 Å². The second-order valence-electron chi connectivity index (χ2n) is 7.62. The molecule has 5 rings (SSSR count). The third-order valence-electron chi connectivity index (χ3n) is 5.60. The van der Waals surface area contributed by atoms with Crippen LogP contribution in [0.15, 0.2) is 30.3 Å². The van der Waals surface area contributed by atoms with E-state index in [0.29, 0.717) is 35.4 Å². The Morgan fingerprint density at radius 1 is 1.00 bits per heavy atom. The van der Waals surface area contributed by atoms with E-state index in [1.54, 1.807) is 12.1 Å². The van der Waals surface area contributed by atoms with E-state index in [1.807, 2.05) is 6.07 Å². The first-order valence-corrected chi connectivity index (χ1v) is 10.6. The maximum atomic E-state index is 12.7. The molecule has 8 heteroatoms. The first kappa shape index (κ1) is 19.3. The lowest BCUT2D eigenvalue weighted by atomic mass is 10.0. The van der Waals surface area contributed by atoms with Crippen molar-refractivity contribution in [2.75, 3.05) is 38.4 Å². The number of nitrogens with zero attached hydrogens (tertiary/aromatic N) is 1. The maximum Gasteiger partial charge on any atom is 0.238 e. The summed E-state index contributed by atoms with van der Waals surface area (Å²) in [5.41, 5.74) is 1.67. The minimum Gasteiger partial charge on any atom is -0.490 e. The average Bonchev–Trinajstić information content (AvgIpc) is 3.31. The van der Waals surface area contributed by atoms with Gasteiger partial charge in [0.2, 0.25) is 12.7 Å². The van der Waals surface area contributed by atoms with Gasteiger partial charge in [-0.15, -0.1) is 0 Å². The summed E-state index contributed by atoms with van der Waals surface area (Å²) in [6.07, 6.45) is 2.91. The van der Waals surface area contributed by atoms with Crippen molar-refractivity contribution in [1.29, 1.82) is 0 Å². The third kappa shape index (κ3) is 3.87. The summed E-state index contributed by atoms with van der Waals surface area (Å²) in [5.74, 6) is 2.63. The van der Waals surface area contributed by atoms with E-state index in [9.17, 15) is 4.79 Å². The summed E-state index contributed by atoms with van der Waals surface area (Å²) in [5, 5.41) is 3.33. The highest BCUT2D eigenvalue weighted by atomic mass is 35.5. The molecule has 158 valence electrons. The highest BCUT2D eigenvalue weighted by Crippen LogP contribution is 2.40. The van der Waals surface area contributed by atoms with Gasteiger partial charge in [-0.1, -0.05) is 17.7 Å². The van der Waals surface area contributed by atoms with Gasteiger partial charge < -0.3 is 24.3 Å². The van der Waals surface area contributed by atoms with Crippen LogP contribution in [0.5, 0.6) is 23.0 Å². The van der Waals surface area contributed by atoms with Crippen LogP contribution in [-0.2, 0) is 4.79 Å². The Bertz CT molecular complexity index is 967. The van der Waals surface area contributed by atoms with Crippen molar-refractivity contribution < 1.29 is 23.7 Å². The number of benzene rings is 2. The molecule has 3 aliphatic rings. The molecule has 1 atom stereocenters. The van der Waals surface area contributed by atoms with E-state index in [4.69, 9.17) is 30.5 Å². The van der Waals surface area contributed by atoms with Gasteiger partial charge in [0, 0.05) is 24.6 Å². The fourth-order valence-corrected chi connectivity index (χ4v) is 4.37. The fraction of sp³-hybridized carbons (Fsp3) is 0.409. The molecular weight excluding hydrogens is 408 g/mol. The molecule has 1 fully saturated rings. The summed E-state index contributed by atoms with van der Waals surface area (Å²) in [7, 11) is 0. The number of nitrogens with one attached hydrogen (secondary N) is 1. The molecule has 2 aromatic rings. The molecule has 1 amide bonds. The molecule has 0 aromatic heterocycles. The molecule has 0 bridgehead atoms. The predicted octanol–water partition coefficient (Wildman–Crippen LogP) is 4.01. The zero-order chi connectivity index (χ0) is 20.5. The van der Waals surface area contributed by atoms with Gasteiger partial charge in [-0.05, 0) is 37.1 Å². The lowest BCUT2D eigenvalue weighted by molar-refractivity contribution is -0.117. The predicted molar refractivity (Wildman–Crippen MR) is 112 cm³/mol. The van der Waals surface area contributed by atoms with Crippen LogP contribution in [-0.4, -0.2) is 43.9 Å². The van der Waals surface area contributed by atoms with E-state index in [2.05, 4.69) is 22.3 Å². The van der Waals surface area contributed by atoms with Gasteiger partial charge in [-0.2, -0.15) is 0 Å². The Morgan fingerprint density at radius 2 is 1.77 bits per heavy atom. The number of hydrogen-bond acceptors (Lipinski definition) is 6. The zero-order valence-electron chi connectivity index (χ0n) is 16.5. The van der Waals surface area contributed by atoms with Crippen molar-refractivity contribution in [3.8, 4) is 23.0 Å². The highest BCUT2D eigenvalue weighted by Gasteiger charge is 2.29. The number of anilines is 1. The van der Waals surface area contributed by atoms with Gasteiger partial charge in [0.25, 0.3) is 0 Å². The summed E-state index contributed by atoms with van der Waals surface area (Å²) < 4.78 is 22.3. The van der Waals surface area contributed by atoms with Gasteiger partial charge >= 0.3 is 0 Å². The van der Waals surface area contributed by atoms with Crippen LogP contribution in [0.4, 0.5) is 5.69 Å². The Labute approximate surface area is 179 Å². The standard InChI is InChI=1S/C22H23ClN2O5/c23-15-10-20-21(30-13-29-20)11-16(15)24-22(26)12-25-6-1-3-17(25)14-4-5-18-19(9-14)28-8-2-7-27-18/h4-5,9-11,17H,1-3,6-8,12-13H2,(H,24,26). The number of halogens is 1. The molecule has 1 unspecified atom stereocenters. The van der Waals surface area contributed by atoms with Gasteiger partial charge in [0.05, 0.1) is 30.5 Å². The first-order valence-electron chi connectivity index (χ1n) is 10.2. The molecule has 30 heavy (non-hydrogen) atoms. The van der Waals surface area contributed by atoms with Gasteiger partial charge in [-0.3, -0.25) is 9.69 Å². The highest BCUT2D eigenvalue weighted by molar-refractivity contribution is 6.34. The lowest BCUT2D eigenvalue weighted by Gasteiger charge is -2.25. The second kappa shape index (κ2) is 8.24. The zero-order valence-corrected chi connectivity index (χ0v) is 17.2. The molecule has 0 aliphatic carbocycles. The van der Waals surface area contributed by atoms with Crippen molar-refractivity contribution in [3.63, 3.8) is 0 Å². The fourth-order valence-electron chi connectivity index (χ4n) is 4.17. The minimum atomic E-state index is -0.114. The van der Waals surface area contributed by atoms with Crippen molar-refractivity contribution in [1.82, 2.24) is 4.90 Å². The van der Waals surface area contributed by atoms with Crippen LogP contribution in [0.25, 0.3) is 0 Å². The van der Waals surface area contributed by atoms with Crippen LogP contribution < -0.4 is 24.3 Å². The molecule has 2 aromatic carbocycles. The third-order valence-corrected chi connectivity index (χ3v) is 5.92. The van der Waals surface area contributed by atoms with Gasteiger partial charge in [0.15, 0.2) is 23.0 Å². The Hall–Kier alpha value is -2.64. The number of ether oxygens (including phenoxy) is 4. The molecule has 1 N–H and O–H groups in total. The number of carbonyl (C=O) groups excluding carboxylic acids is 1. The molecule has 0 saturated carbocycles. The molecule has 1 saturated heterocycles. The van der Waals surface area contributed by atoms with E-state index in [0.717, 1.165) is 42.9 Å². The summed E-state index contributed by atoms with van der Waals surface area (Å²) in [4.78, 5) is 14.9. The monoisotopic (exact) mass is 430 g/mol. The summed E-state index contributed by atoms with van der Waals surface area (Å²) >= 11 is 6.28. The average molecular weight is 431 g/mol. The van der Waals surface area contributed by atoms with Crippen LogP contribution in [0.1, 0.15) is 30.9 Å². The first-order chi connectivity index (χ1) is 14.7. The number of rotatable bonds is 4. The number of likely N-dealkylation sites (tertiary alicyclic amines) is 1.